The van der Waals surface area contributed by atoms with Crippen LogP contribution in [0.15, 0.2) is 72.8 Å². The molecule has 0 saturated carbocycles. The van der Waals surface area contributed by atoms with Gasteiger partial charge in [-0.25, -0.2) is 0 Å². The molecule has 4 aromatic carbocycles. The zero-order chi connectivity index (χ0) is 27.8. The van der Waals surface area contributed by atoms with Crippen LogP contribution in [0.3, 0.4) is 0 Å². The van der Waals surface area contributed by atoms with Gasteiger partial charge in [0.2, 0.25) is 0 Å². The molecule has 0 fully saturated rings. The van der Waals surface area contributed by atoms with Gasteiger partial charge < -0.3 is 14.2 Å². The fraction of sp³-hybridized carbons (Fsp3) is 0.188. The van der Waals surface area contributed by atoms with Gasteiger partial charge in [-0.2, -0.15) is 10.5 Å². The molecule has 0 aliphatic heterocycles. The van der Waals surface area contributed by atoms with Crippen molar-refractivity contribution in [2.45, 2.75) is 32.6 Å². The van der Waals surface area contributed by atoms with E-state index in [9.17, 15) is 0 Å². The van der Waals surface area contributed by atoms with E-state index in [-0.39, 0.29) is 0 Å². The SMILES string of the molecule is COc1ccc(C)cc1Oc1ccc(C#N)c(Cl)c1.N#Cc1ccc(Oc2cccc3c2CCCC3)cc1Cl. The first-order chi connectivity index (χ1) is 18.9. The summed E-state index contributed by atoms with van der Waals surface area (Å²) in [7, 11) is 1.59. The largest absolute Gasteiger partial charge is 0.493 e. The summed E-state index contributed by atoms with van der Waals surface area (Å²) >= 11 is 12.0. The van der Waals surface area contributed by atoms with Crippen LogP contribution in [0.1, 0.15) is 40.7 Å². The van der Waals surface area contributed by atoms with Crippen molar-refractivity contribution in [2.24, 2.45) is 0 Å². The molecule has 196 valence electrons. The Kier molecular flexibility index (Phi) is 9.34. The fourth-order valence-electron chi connectivity index (χ4n) is 4.26. The van der Waals surface area contributed by atoms with Gasteiger partial charge in [0, 0.05) is 12.1 Å². The smallest absolute Gasteiger partial charge is 0.169 e. The summed E-state index contributed by atoms with van der Waals surface area (Å²) < 4.78 is 16.9. The predicted molar refractivity (Wildman–Crippen MR) is 153 cm³/mol. The van der Waals surface area contributed by atoms with Gasteiger partial charge in [-0.05, 0) is 91.8 Å². The van der Waals surface area contributed by atoms with Crippen molar-refractivity contribution in [3.63, 3.8) is 0 Å². The van der Waals surface area contributed by atoms with Crippen molar-refractivity contribution >= 4 is 23.2 Å². The van der Waals surface area contributed by atoms with E-state index in [2.05, 4.69) is 6.07 Å². The van der Waals surface area contributed by atoms with Gasteiger partial charge in [0.15, 0.2) is 11.5 Å². The van der Waals surface area contributed by atoms with Gasteiger partial charge in [0.05, 0.1) is 28.3 Å². The molecule has 0 heterocycles. The Morgan fingerprint density at radius 3 is 1.90 bits per heavy atom. The molecule has 0 radical (unpaired) electrons. The van der Waals surface area contributed by atoms with Gasteiger partial charge in [0.1, 0.15) is 29.4 Å². The molecule has 5 nitrogen and oxygen atoms in total. The van der Waals surface area contributed by atoms with E-state index in [1.807, 2.05) is 49.4 Å². The zero-order valence-corrected chi connectivity index (χ0v) is 23.1. The second kappa shape index (κ2) is 13.1. The minimum atomic E-state index is 0.367. The average Bonchev–Trinajstić information content (AvgIpc) is 2.94. The van der Waals surface area contributed by atoms with Crippen molar-refractivity contribution in [1.82, 2.24) is 0 Å². The highest BCUT2D eigenvalue weighted by Gasteiger charge is 2.14. The van der Waals surface area contributed by atoms with Crippen molar-refractivity contribution in [2.75, 3.05) is 7.11 Å². The number of nitriles is 2. The van der Waals surface area contributed by atoms with E-state index < -0.39 is 0 Å². The van der Waals surface area contributed by atoms with Gasteiger partial charge >= 0.3 is 0 Å². The number of halogens is 2. The second-order valence-electron chi connectivity index (χ2n) is 8.97. The van der Waals surface area contributed by atoms with Gasteiger partial charge in [-0.15, -0.1) is 0 Å². The average molecular weight is 557 g/mol. The second-order valence-corrected chi connectivity index (χ2v) is 9.78. The van der Waals surface area contributed by atoms with Crippen molar-refractivity contribution in [1.29, 1.82) is 10.5 Å². The van der Waals surface area contributed by atoms with E-state index in [1.165, 1.54) is 24.0 Å². The number of benzene rings is 4. The number of fused-ring (bicyclic) bond motifs is 1. The third-order valence-electron chi connectivity index (χ3n) is 6.25. The summed E-state index contributed by atoms with van der Waals surface area (Å²) in [5.74, 6) is 3.40. The minimum Gasteiger partial charge on any atom is -0.493 e. The normalized spacial score (nSPS) is 11.6. The number of hydrogen-bond acceptors (Lipinski definition) is 5. The molecular weight excluding hydrogens is 531 g/mol. The molecule has 7 heteroatoms. The highest BCUT2D eigenvalue weighted by molar-refractivity contribution is 6.32. The van der Waals surface area contributed by atoms with Crippen LogP contribution in [0, 0.1) is 29.6 Å². The van der Waals surface area contributed by atoms with Crippen molar-refractivity contribution < 1.29 is 14.2 Å². The lowest BCUT2D eigenvalue weighted by molar-refractivity contribution is 0.378. The first-order valence-electron chi connectivity index (χ1n) is 12.4. The minimum absolute atomic E-state index is 0.367. The summed E-state index contributed by atoms with van der Waals surface area (Å²) in [4.78, 5) is 0. The van der Waals surface area contributed by atoms with E-state index in [0.29, 0.717) is 44.2 Å². The van der Waals surface area contributed by atoms with E-state index in [1.54, 1.807) is 43.5 Å². The number of ether oxygens (including phenoxy) is 3. The van der Waals surface area contributed by atoms with E-state index >= 15 is 0 Å². The molecule has 0 spiro atoms. The van der Waals surface area contributed by atoms with E-state index in [4.69, 9.17) is 47.9 Å². The van der Waals surface area contributed by atoms with Crippen LogP contribution in [0.5, 0.6) is 28.7 Å². The Labute approximate surface area is 238 Å². The summed E-state index contributed by atoms with van der Waals surface area (Å²) in [5.41, 5.74) is 4.64. The van der Waals surface area contributed by atoms with Crippen LogP contribution in [0.25, 0.3) is 0 Å². The molecule has 5 rings (SSSR count). The molecule has 1 aliphatic rings. The standard InChI is InChI=1S/C17H14ClNO.C15H12ClNO2/c18-16-10-14(9-8-13(16)11-19)20-17-7-3-5-12-4-1-2-6-15(12)17;1-10-3-6-14(18-2)15(7-10)19-12-5-4-11(9-17)13(16)8-12/h3,5,7-10H,1-2,4,6H2;3-8H,1-2H3. The maximum atomic E-state index is 8.88. The first kappa shape index (κ1) is 27.9. The van der Waals surface area contributed by atoms with E-state index in [0.717, 1.165) is 24.2 Å². The Bertz CT molecular complexity index is 1570. The zero-order valence-electron chi connectivity index (χ0n) is 21.6. The lowest BCUT2D eigenvalue weighted by Gasteiger charge is -2.19. The molecule has 0 saturated heterocycles. The molecular formula is C32H26Cl2N2O3. The Hall–Kier alpha value is -4.16. The number of methoxy groups -OCH3 is 1. The summed E-state index contributed by atoms with van der Waals surface area (Å²) in [6.07, 6.45) is 4.65. The maximum absolute atomic E-state index is 8.88. The fourth-order valence-corrected chi connectivity index (χ4v) is 4.69. The number of hydrogen-bond donors (Lipinski definition) is 0. The van der Waals surface area contributed by atoms with Crippen LogP contribution in [0.4, 0.5) is 0 Å². The van der Waals surface area contributed by atoms with Crippen LogP contribution >= 0.6 is 23.2 Å². The van der Waals surface area contributed by atoms with Gasteiger partial charge in [0.25, 0.3) is 0 Å². The summed E-state index contributed by atoms with van der Waals surface area (Å²) in [6, 6.07) is 26.0. The van der Waals surface area contributed by atoms with Crippen molar-refractivity contribution in [3.8, 4) is 40.9 Å². The molecule has 0 bridgehead atoms. The van der Waals surface area contributed by atoms with Gasteiger partial charge in [-0.3, -0.25) is 0 Å². The lowest BCUT2D eigenvalue weighted by atomic mass is 9.91. The summed E-state index contributed by atoms with van der Waals surface area (Å²) in [5, 5.41) is 18.5. The maximum Gasteiger partial charge on any atom is 0.169 e. The van der Waals surface area contributed by atoms with Crippen LogP contribution in [0.2, 0.25) is 10.0 Å². The van der Waals surface area contributed by atoms with Crippen LogP contribution in [-0.2, 0) is 12.8 Å². The predicted octanol–water partition coefficient (Wildman–Crippen LogP) is 9.20. The molecule has 0 unspecified atom stereocenters. The summed E-state index contributed by atoms with van der Waals surface area (Å²) in [6.45, 7) is 1.97. The molecule has 4 aromatic rings. The molecule has 0 N–H and O–H groups in total. The Balaban J connectivity index is 0.000000181. The topological polar surface area (TPSA) is 75.3 Å². The third-order valence-corrected chi connectivity index (χ3v) is 6.88. The molecule has 0 aromatic heterocycles. The highest BCUT2D eigenvalue weighted by atomic mass is 35.5. The molecule has 0 amide bonds. The molecule has 39 heavy (non-hydrogen) atoms. The number of aryl methyl sites for hydroxylation is 2. The van der Waals surface area contributed by atoms with Gasteiger partial charge in [-0.1, -0.05) is 41.4 Å². The Morgan fingerprint density at radius 1 is 0.692 bits per heavy atom. The van der Waals surface area contributed by atoms with Crippen molar-refractivity contribution in [3.05, 3.63) is 111 Å². The Morgan fingerprint density at radius 2 is 1.31 bits per heavy atom. The monoisotopic (exact) mass is 556 g/mol. The number of nitrogens with zero attached hydrogens (tertiary/aromatic N) is 2. The molecule has 0 atom stereocenters. The lowest BCUT2D eigenvalue weighted by Crippen LogP contribution is -2.04. The van der Waals surface area contributed by atoms with Crippen LogP contribution < -0.4 is 14.2 Å². The van der Waals surface area contributed by atoms with Crippen LogP contribution in [-0.4, -0.2) is 7.11 Å². The molecule has 1 aliphatic carbocycles. The first-order valence-corrected chi connectivity index (χ1v) is 13.2. The number of rotatable bonds is 5. The highest BCUT2D eigenvalue weighted by Crippen LogP contribution is 2.35. The third kappa shape index (κ3) is 7.03. The quantitative estimate of drug-likeness (QED) is 0.245.